The third-order valence-electron chi connectivity index (χ3n) is 5.31. The summed E-state index contributed by atoms with van der Waals surface area (Å²) in [6.45, 7) is 6.87. The average molecular weight is 413 g/mol. The zero-order chi connectivity index (χ0) is 21.7. The van der Waals surface area contributed by atoms with E-state index in [9.17, 15) is 14.0 Å². The number of hydrogen-bond donors (Lipinski definition) is 1. The minimum absolute atomic E-state index is 0.136. The molecule has 0 bridgehead atoms. The lowest BCUT2D eigenvalue weighted by molar-refractivity contribution is -0.136. The Morgan fingerprint density at radius 3 is 2.63 bits per heavy atom. The van der Waals surface area contributed by atoms with Crippen molar-refractivity contribution in [2.75, 3.05) is 6.54 Å². The van der Waals surface area contributed by atoms with Crippen molar-refractivity contribution in [3.05, 3.63) is 58.9 Å². The van der Waals surface area contributed by atoms with Crippen molar-refractivity contribution in [3.8, 4) is 0 Å². The fourth-order valence-electron chi connectivity index (χ4n) is 3.71. The first-order valence-corrected chi connectivity index (χ1v) is 10.5. The Kier molecular flexibility index (Phi) is 7.13. The number of aryl methyl sites for hydroxylation is 1. The average Bonchev–Trinajstić information content (AvgIpc) is 2.72. The standard InChI is InChI=1S/C23H29FN4O2/c1-15(2)12-21(29)28-11-5-4-6-20(28)22-25-14-19(16(3)27-22)23(30)26-13-17-7-9-18(24)10-8-17/h7-10,14-15,20H,4-6,11-13H2,1-3H3,(H,26,30)/t20-/m1/s1. The first-order chi connectivity index (χ1) is 14.3. The third-order valence-corrected chi connectivity index (χ3v) is 5.31. The monoisotopic (exact) mass is 412 g/mol. The maximum atomic E-state index is 13.0. The molecule has 0 spiro atoms. The van der Waals surface area contributed by atoms with Crippen LogP contribution >= 0.6 is 0 Å². The van der Waals surface area contributed by atoms with Crippen LogP contribution in [0.5, 0.6) is 0 Å². The molecule has 1 saturated heterocycles. The minimum Gasteiger partial charge on any atom is -0.348 e. The molecule has 0 unspecified atom stereocenters. The topological polar surface area (TPSA) is 75.2 Å². The van der Waals surface area contributed by atoms with Gasteiger partial charge in [0.25, 0.3) is 5.91 Å². The fraction of sp³-hybridized carbons (Fsp3) is 0.478. The van der Waals surface area contributed by atoms with E-state index in [0.717, 1.165) is 31.4 Å². The molecule has 2 aromatic rings. The Balaban J connectivity index is 1.70. The van der Waals surface area contributed by atoms with Crippen molar-refractivity contribution in [2.45, 2.75) is 59.0 Å². The highest BCUT2D eigenvalue weighted by molar-refractivity contribution is 5.94. The third kappa shape index (κ3) is 5.40. The van der Waals surface area contributed by atoms with Crippen molar-refractivity contribution in [3.63, 3.8) is 0 Å². The van der Waals surface area contributed by atoms with Gasteiger partial charge >= 0.3 is 0 Å². The molecule has 1 aliphatic rings. The number of amides is 2. The summed E-state index contributed by atoms with van der Waals surface area (Å²) in [5, 5.41) is 2.82. The second kappa shape index (κ2) is 9.78. The number of nitrogens with zero attached hydrogens (tertiary/aromatic N) is 3. The maximum absolute atomic E-state index is 13.0. The van der Waals surface area contributed by atoms with Crippen LogP contribution in [0, 0.1) is 18.7 Å². The van der Waals surface area contributed by atoms with E-state index >= 15 is 0 Å². The van der Waals surface area contributed by atoms with E-state index in [1.807, 2.05) is 18.7 Å². The van der Waals surface area contributed by atoms with E-state index < -0.39 is 0 Å². The number of likely N-dealkylation sites (tertiary alicyclic amines) is 1. The quantitative estimate of drug-likeness (QED) is 0.779. The van der Waals surface area contributed by atoms with Crippen LogP contribution in [-0.4, -0.2) is 33.2 Å². The highest BCUT2D eigenvalue weighted by atomic mass is 19.1. The molecular formula is C23H29FN4O2. The molecule has 3 rings (SSSR count). The van der Waals surface area contributed by atoms with Gasteiger partial charge in [0.1, 0.15) is 5.82 Å². The first kappa shape index (κ1) is 21.9. The molecule has 2 amide bonds. The molecule has 0 saturated carbocycles. The van der Waals surface area contributed by atoms with E-state index in [2.05, 4.69) is 15.3 Å². The smallest absolute Gasteiger partial charge is 0.254 e. The number of piperidine rings is 1. The summed E-state index contributed by atoms with van der Waals surface area (Å²) in [6, 6.07) is 5.85. The molecule has 1 N–H and O–H groups in total. The van der Waals surface area contributed by atoms with E-state index in [0.29, 0.717) is 36.0 Å². The fourth-order valence-corrected chi connectivity index (χ4v) is 3.71. The molecule has 2 heterocycles. The zero-order valence-corrected chi connectivity index (χ0v) is 17.8. The van der Waals surface area contributed by atoms with Crippen LogP contribution in [0.2, 0.25) is 0 Å². The largest absolute Gasteiger partial charge is 0.348 e. The highest BCUT2D eigenvalue weighted by Crippen LogP contribution is 2.30. The van der Waals surface area contributed by atoms with E-state index in [1.54, 1.807) is 19.1 Å². The van der Waals surface area contributed by atoms with Gasteiger partial charge in [-0.3, -0.25) is 9.59 Å². The number of nitrogens with one attached hydrogen (secondary N) is 1. The summed E-state index contributed by atoms with van der Waals surface area (Å²) in [7, 11) is 0. The normalized spacial score (nSPS) is 16.6. The van der Waals surface area contributed by atoms with Gasteiger partial charge in [0.15, 0.2) is 5.82 Å². The van der Waals surface area contributed by atoms with Gasteiger partial charge in [0.05, 0.1) is 17.3 Å². The predicted octanol–water partition coefficient (Wildman–Crippen LogP) is 3.95. The Morgan fingerprint density at radius 2 is 1.97 bits per heavy atom. The summed E-state index contributed by atoms with van der Waals surface area (Å²) in [5.74, 6) is 0.444. The molecule has 7 heteroatoms. The molecular weight excluding hydrogens is 383 g/mol. The molecule has 1 aromatic heterocycles. The molecule has 6 nitrogen and oxygen atoms in total. The van der Waals surface area contributed by atoms with E-state index in [1.165, 1.54) is 18.3 Å². The molecule has 1 aromatic carbocycles. The van der Waals surface area contributed by atoms with Crippen LogP contribution in [0.15, 0.2) is 30.5 Å². The molecule has 1 atom stereocenters. The van der Waals surface area contributed by atoms with Crippen LogP contribution in [0.3, 0.4) is 0 Å². The lowest BCUT2D eigenvalue weighted by Gasteiger charge is -2.35. The Hall–Kier alpha value is -2.83. The summed E-state index contributed by atoms with van der Waals surface area (Å²) in [5.41, 5.74) is 1.79. The van der Waals surface area contributed by atoms with Crippen molar-refractivity contribution < 1.29 is 14.0 Å². The Morgan fingerprint density at radius 1 is 1.23 bits per heavy atom. The molecule has 1 aliphatic heterocycles. The number of aromatic nitrogens is 2. The van der Waals surface area contributed by atoms with Gasteiger partial charge in [-0.2, -0.15) is 0 Å². The van der Waals surface area contributed by atoms with Gasteiger partial charge in [-0.05, 0) is 49.8 Å². The van der Waals surface area contributed by atoms with E-state index in [4.69, 9.17) is 0 Å². The lowest BCUT2D eigenvalue weighted by Crippen LogP contribution is -2.40. The Bertz CT molecular complexity index is 899. The van der Waals surface area contributed by atoms with Crippen LogP contribution in [0.25, 0.3) is 0 Å². The van der Waals surface area contributed by atoms with Crippen molar-refractivity contribution in [2.24, 2.45) is 5.92 Å². The summed E-state index contributed by atoms with van der Waals surface area (Å²) in [4.78, 5) is 36.2. The van der Waals surface area contributed by atoms with E-state index in [-0.39, 0.29) is 23.7 Å². The van der Waals surface area contributed by atoms with Gasteiger partial charge in [-0.15, -0.1) is 0 Å². The number of hydrogen-bond acceptors (Lipinski definition) is 4. The Labute approximate surface area is 176 Å². The van der Waals surface area contributed by atoms with Crippen LogP contribution in [0.4, 0.5) is 4.39 Å². The van der Waals surface area contributed by atoms with Crippen LogP contribution in [0.1, 0.15) is 73.0 Å². The maximum Gasteiger partial charge on any atom is 0.254 e. The van der Waals surface area contributed by atoms with Gasteiger partial charge in [-0.25, -0.2) is 14.4 Å². The van der Waals surface area contributed by atoms with Crippen molar-refractivity contribution >= 4 is 11.8 Å². The first-order valence-electron chi connectivity index (χ1n) is 10.5. The van der Waals surface area contributed by atoms with Crippen LogP contribution < -0.4 is 5.32 Å². The number of carbonyl (C=O) groups is 2. The van der Waals surface area contributed by atoms with Crippen molar-refractivity contribution in [1.29, 1.82) is 0 Å². The van der Waals surface area contributed by atoms with Gasteiger partial charge in [0.2, 0.25) is 5.91 Å². The minimum atomic E-state index is -0.312. The number of rotatable bonds is 6. The SMILES string of the molecule is Cc1nc([C@H]2CCCCN2C(=O)CC(C)C)ncc1C(=O)NCc1ccc(F)cc1. The summed E-state index contributed by atoms with van der Waals surface area (Å²) >= 11 is 0. The predicted molar refractivity (Wildman–Crippen MR) is 112 cm³/mol. The molecule has 0 aliphatic carbocycles. The second-order valence-electron chi connectivity index (χ2n) is 8.23. The molecule has 1 fully saturated rings. The second-order valence-corrected chi connectivity index (χ2v) is 8.23. The van der Waals surface area contributed by atoms with Gasteiger partial charge in [0, 0.05) is 25.7 Å². The number of carbonyl (C=O) groups excluding carboxylic acids is 2. The van der Waals surface area contributed by atoms with Crippen LogP contribution in [-0.2, 0) is 11.3 Å². The van der Waals surface area contributed by atoms with Gasteiger partial charge < -0.3 is 10.2 Å². The lowest BCUT2D eigenvalue weighted by atomic mass is 9.99. The molecule has 30 heavy (non-hydrogen) atoms. The molecule has 160 valence electrons. The van der Waals surface area contributed by atoms with Gasteiger partial charge in [-0.1, -0.05) is 26.0 Å². The number of halogens is 1. The zero-order valence-electron chi connectivity index (χ0n) is 17.8. The van der Waals surface area contributed by atoms with Crippen molar-refractivity contribution in [1.82, 2.24) is 20.2 Å². The highest BCUT2D eigenvalue weighted by Gasteiger charge is 2.30. The summed E-state index contributed by atoms with van der Waals surface area (Å²) in [6.07, 6.45) is 4.90. The number of benzene rings is 1. The molecule has 0 radical (unpaired) electrons. The summed E-state index contributed by atoms with van der Waals surface area (Å²) < 4.78 is 13.0.